The minimum atomic E-state index is -0.0834. The van der Waals surface area contributed by atoms with E-state index in [0.29, 0.717) is 12.1 Å². The van der Waals surface area contributed by atoms with Crippen LogP contribution in [-0.2, 0) is 6.54 Å². The van der Waals surface area contributed by atoms with Gasteiger partial charge in [-0.05, 0) is 48.4 Å². The van der Waals surface area contributed by atoms with Crippen LogP contribution in [0.25, 0.3) is 0 Å². The van der Waals surface area contributed by atoms with Crippen molar-refractivity contribution in [3.05, 3.63) is 83.9 Å². The summed E-state index contributed by atoms with van der Waals surface area (Å²) in [5.41, 5.74) is 2.78. The molecule has 1 amide bonds. The maximum atomic E-state index is 12.3. The molecular weight excluding hydrogens is 288 g/mol. The summed E-state index contributed by atoms with van der Waals surface area (Å²) in [7, 11) is 0. The van der Waals surface area contributed by atoms with Crippen molar-refractivity contribution in [3.8, 4) is 0 Å². The van der Waals surface area contributed by atoms with Gasteiger partial charge < -0.3 is 5.32 Å². The average Bonchev–Trinajstić information content (AvgIpc) is 3.09. The number of nitrogens with one attached hydrogen (secondary N) is 1. The molecule has 2 heterocycles. The van der Waals surface area contributed by atoms with Gasteiger partial charge >= 0.3 is 0 Å². The van der Waals surface area contributed by atoms with Gasteiger partial charge in [0.25, 0.3) is 5.91 Å². The third-order valence-electron chi connectivity index (χ3n) is 3.67. The van der Waals surface area contributed by atoms with Crippen LogP contribution in [0.2, 0.25) is 0 Å². The number of carbonyl (C=O) groups is 1. The smallest absolute Gasteiger partial charge is 0.251 e. The van der Waals surface area contributed by atoms with E-state index in [-0.39, 0.29) is 11.9 Å². The maximum Gasteiger partial charge on any atom is 0.251 e. The van der Waals surface area contributed by atoms with E-state index in [0.717, 1.165) is 11.1 Å². The Balaban J connectivity index is 1.63. The van der Waals surface area contributed by atoms with Gasteiger partial charge in [-0.15, -0.1) is 0 Å². The maximum absolute atomic E-state index is 12.3. The summed E-state index contributed by atoms with van der Waals surface area (Å²) >= 11 is 0. The molecule has 2 aromatic heterocycles. The van der Waals surface area contributed by atoms with Gasteiger partial charge in [0.2, 0.25) is 0 Å². The van der Waals surface area contributed by atoms with E-state index in [2.05, 4.69) is 15.4 Å². The van der Waals surface area contributed by atoms with Crippen LogP contribution in [0.1, 0.15) is 34.5 Å². The first-order valence-corrected chi connectivity index (χ1v) is 7.49. The van der Waals surface area contributed by atoms with E-state index in [1.165, 1.54) is 0 Å². The molecule has 5 heteroatoms. The lowest BCUT2D eigenvalue weighted by atomic mass is 10.1. The number of aromatic nitrogens is 3. The second-order valence-corrected chi connectivity index (χ2v) is 5.38. The molecular formula is C18H18N4O. The molecule has 1 N–H and O–H groups in total. The van der Waals surface area contributed by atoms with Crippen LogP contribution in [0.4, 0.5) is 0 Å². The topological polar surface area (TPSA) is 59.8 Å². The summed E-state index contributed by atoms with van der Waals surface area (Å²) in [6.07, 6.45) is 7.11. The molecule has 0 saturated heterocycles. The summed E-state index contributed by atoms with van der Waals surface area (Å²) in [6, 6.07) is 13.2. The van der Waals surface area contributed by atoms with Crippen LogP contribution in [0, 0.1) is 0 Å². The first kappa shape index (κ1) is 15.0. The molecule has 0 spiro atoms. The summed E-state index contributed by atoms with van der Waals surface area (Å²) in [4.78, 5) is 16.3. The molecule has 0 unspecified atom stereocenters. The van der Waals surface area contributed by atoms with E-state index >= 15 is 0 Å². The van der Waals surface area contributed by atoms with Gasteiger partial charge in [-0.25, -0.2) is 0 Å². The summed E-state index contributed by atoms with van der Waals surface area (Å²) in [5.74, 6) is -0.0834. The molecule has 0 aliphatic rings. The minimum Gasteiger partial charge on any atom is -0.346 e. The van der Waals surface area contributed by atoms with Crippen molar-refractivity contribution in [2.75, 3.05) is 0 Å². The molecule has 3 rings (SSSR count). The Kier molecular flexibility index (Phi) is 4.47. The second-order valence-electron chi connectivity index (χ2n) is 5.38. The van der Waals surface area contributed by atoms with Gasteiger partial charge in [0.1, 0.15) is 0 Å². The SMILES string of the molecule is C[C@@H](NC(=O)c1ccc(Cn2cccn2)cc1)c1ccncc1. The van der Waals surface area contributed by atoms with Gasteiger partial charge in [0, 0.05) is 30.4 Å². The Labute approximate surface area is 135 Å². The zero-order valence-electron chi connectivity index (χ0n) is 12.9. The summed E-state index contributed by atoms with van der Waals surface area (Å²) in [6.45, 7) is 2.65. The zero-order chi connectivity index (χ0) is 16.1. The highest BCUT2D eigenvalue weighted by molar-refractivity contribution is 5.94. The lowest BCUT2D eigenvalue weighted by Crippen LogP contribution is -2.26. The molecule has 5 nitrogen and oxygen atoms in total. The molecule has 1 atom stereocenters. The van der Waals surface area contributed by atoms with Crippen molar-refractivity contribution in [1.82, 2.24) is 20.1 Å². The average molecular weight is 306 g/mol. The Morgan fingerprint density at radius 1 is 1.13 bits per heavy atom. The third-order valence-corrected chi connectivity index (χ3v) is 3.67. The number of nitrogens with zero attached hydrogens (tertiary/aromatic N) is 3. The van der Waals surface area contributed by atoms with Crippen molar-refractivity contribution in [3.63, 3.8) is 0 Å². The number of pyridine rings is 1. The molecule has 0 fully saturated rings. The van der Waals surface area contributed by atoms with E-state index in [4.69, 9.17) is 0 Å². The molecule has 23 heavy (non-hydrogen) atoms. The Morgan fingerprint density at radius 2 is 1.87 bits per heavy atom. The summed E-state index contributed by atoms with van der Waals surface area (Å²) < 4.78 is 1.85. The molecule has 0 radical (unpaired) electrons. The number of amides is 1. The first-order valence-electron chi connectivity index (χ1n) is 7.49. The molecule has 0 saturated carbocycles. The van der Waals surface area contributed by atoms with Crippen molar-refractivity contribution < 1.29 is 4.79 Å². The Hall–Kier alpha value is -2.95. The molecule has 0 bridgehead atoms. The van der Waals surface area contributed by atoms with E-state index in [1.54, 1.807) is 18.6 Å². The van der Waals surface area contributed by atoms with Crippen LogP contribution in [0.3, 0.4) is 0 Å². The van der Waals surface area contributed by atoms with Crippen LogP contribution in [0.15, 0.2) is 67.3 Å². The van der Waals surface area contributed by atoms with Gasteiger partial charge in [0.15, 0.2) is 0 Å². The van der Waals surface area contributed by atoms with Crippen molar-refractivity contribution >= 4 is 5.91 Å². The largest absolute Gasteiger partial charge is 0.346 e. The number of rotatable bonds is 5. The van der Waals surface area contributed by atoms with Crippen molar-refractivity contribution in [2.24, 2.45) is 0 Å². The minimum absolute atomic E-state index is 0.0609. The molecule has 0 aliphatic carbocycles. The van der Waals surface area contributed by atoms with Gasteiger partial charge in [0.05, 0.1) is 12.6 Å². The van der Waals surface area contributed by atoms with Gasteiger partial charge in [-0.2, -0.15) is 5.10 Å². The fraction of sp³-hybridized carbons (Fsp3) is 0.167. The summed E-state index contributed by atoms with van der Waals surface area (Å²) in [5, 5.41) is 7.17. The quantitative estimate of drug-likeness (QED) is 0.788. The molecule has 0 aliphatic heterocycles. The second kappa shape index (κ2) is 6.87. The van der Waals surface area contributed by atoms with Gasteiger partial charge in [-0.1, -0.05) is 12.1 Å². The molecule has 3 aromatic rings. The fourth-order valence-corrected chi connectivity index (χ4v) is 2.36. The van der Waals surface area contributed by atoms with E-state index in [9.17, 15) is 4.79 Å². The standard InChI is InChI=1S/C18H18N4O/c1-14(16-7-10-19-11-8-16)21-18(23)17-5-3-15(4-6-17)13-22-12-2-9-20-22/h2-12,14H,13H2,1H3,(H,21,23)/t14-/m1/s1. The zero-order valence-corrected chi connectivity index (χ0v) is 12.9. The van der Waals surface area contributed by atoms with Crippen molar-refractivity contribution in [1.29, 1.82) is 0 Å². The van der Waals surface area contributed by atoms with Crippen LogP contribution < -0.4 is 5.32 Å². The lowest BCUT2D eigenvalue weighted by molar-refractivity contribution is 0.0940. The van der Waals surface area contributed by atoms with Crippen LogP contribution in [-0.4, -0.2) is 20.7 Å². The monoisotopic (exact) mass is 306 g/mol. The number of carbonyl (C=O) groups excluding carboxylic acids is 1. The van der Waals surface area contributed by atoms with Crippen molar-refractivity contribution in [2.45, 2.75) is 19.5 Å². The Morgan fingerprint density at radius 3 is 2.52 bits per heavy atom. The Bertz CT molecular complexity index is 751. The van der Waals surface area contributed by atoms with Gasteiger partial charge in [-0.3, -0.25) is 14.5 Å². The van der Waals surface area contributed by atoms with Crippen LogP contribution >= 0.6 is 0 Å². The normalized spacial score (nSPS) is 11.9. The number of hydrogen-bond donors (Lipinski definition) is 1. The van der Waals surface area contributed by atoms with E-state index < -0.39 is 0 Å². The predicted octanol–water partition coefficient (Wildman–Crippen LogP) is 2.82. The highest BCUT2D eigenvalue weighted by Gasteiger charge is 2.11. The third kappa shape index (κ3) is 3.83. The number of benzene rings is 1. The van der Waals surface area contributed by atoms with Crippen LogP contribution in [0.5, 0.6) is 0 Å². The highest BCUT2D eigenvalue weighted by atomic mass is 16.1. The molecule has 1 aromatic carbocycles. The highest BCUT2D eigenvalue weighted by Crippen LogP contribution is 2.12. The number of hydrogen-bond acceptors (Lipinski definition) is 3. The molecule has 116 valence electrons. The van der Waals surface area contributed by atoms with E-state index in [1.807, 2.05) is 60.3 Å². The lowest BCUT2D eigenvalue weighted by Gasteiger charge is -2.14. The predicted molar refractivity (Wildman–Crippen MR) is 87.9 cm³/mol. The fourth-order valence-electron chi connectivity index (χ4n) is 2.36. The first-order chi connectivity index (χ1) is 11.2.